The van der Waals surface area contributed by atoms with Gasteiger partial charge in [-0.3, -0.25) is 14.9 Å². The molecule has 0 heterocycles. The molecular weight excluding hydrogens is 319 g/mol. The molecule has 124 valence electrons. The first-order chi connectivity index (χ1) is 11.3. The molecule has 0 radical (unpaired) electrons. The van der Waals surface area contributed by atoms with E-state index in [0.717, 1.165) is 18.2 Å². The zero-order valence-corrected chi connectivity index (χ0v) is 12.6. The highest BCUT2D eigenvalue weighted by Gasteiger charge is 2.17. The molecule has 0 unspecified atom stereocenters. The molecular formula is C16H13FN2O5. The van der Waals surface area contributed by atoms with Gasteiger partial charge in [0.05, 0.1) is 16.1 Å². The number of halogens is 1. The smallest absolute Gasteiger partial charge is 0.335 e. The molecule has 0 aliphatic heterocycles. The van der Waals surface area contributed by atoms with Gasteiger partial charge in [0.15, 0.2) is 0 Å². The van der Waals surface area contributed by atoms with Crippen LogP contribution in [0.15, 0.2) is 36.4 Å². The van der Waals surface area contributed by atoms with Gasteiger partial charge in [0.2, 0.25) is 0 Å². The fourth-order valence-corrected chi connectivity index (χ4v) is 2.14. The first-order valence-electron chi connectivity index (χ1n) is 6.94. The van der Waals surface area contributed by atoms with Crippen molar-refractivity contribution in [2.24, 2.45) is 0 Å². The second-order valence-electron chi connectivity index (χ2n) is 4.88. The van der Waals surface area contributed by atoms with E-state index in [-0.39, 0.29) is 22.3 Å². The number of benzene rings is 2. The summed E-state index contributed by atoms with van der Waals surface area (Å²) in [7, 11) is 0. The molecule has 0 aromatic heterocycles. The molecule has 0 fully saturated rings. The number of nitro benzene ring substituents is 1. The predicted molar refractivity (Wildman–Crippen MR) is 83.5 cm³/mol. The van der Waals surface area contributed by atoms with E-state index < -0.39 is 28.3 Å². The van der Waals surface area contributed by atoms with Crippen molar-refractivity contribution in [3.8, 4) is 11.1 Å². The Labute approximate surface area is 135 Å². The van der Waals surface area contributed by atoms with Crippen LogP contribution in [0.1, 0.15) is 27.6 Å². The summed E-state index contributed by atoms with van der Waals surface area (Å²) in [6.45, 7) is 2.04. The lowest BCUT2D eigenvalue weighted by atomic mass is 10.00. The van der Waals surface area contributed by atoms with E-state index in [0.29, 0.717) is 6.54 Å². The molecule has 2 aromatic rings. The van der Waals surface area contributed by atoms with Crippen molar-refractivity contribution in [2.75, 3.05) is 6.54 Å². The molecule has 0 aliphatic carbocycles. The maximum Gasteiger partial charge on any atom is 0.335 e. The molecule has 1 amide bonds. The van der Waals surface area contributed by atoms with Crippen molar-refractivity contribution in [1.29, 1.82) is 0 Å². The minimum absolute atomic E-state index is 0.163. The van der Waals surface area contributed by atoms with E-state index in [1.165, 1.54) is 18.2 Å². The zero-order valence-electron chi connectivity index (χ0n) is 12.6. The zero-order chi connectivity index (χ0) is 17.9. The molecule has 0 saturated carbocycles. The monoisotopic (exact) mass is 332 g/mol. The van der Waals surface area contributed by atoms with Crippen LogP contribution in [0, 0.1) is 15.9 Å². The quantitative estimate of drug-likeness (QED) is 0.646. The van der Waals surface area contributed by atoms with Crippen LogP contribution in [0.4, 0.5) is 10.1 Å². The van der Waals surface area contributed by atoms with Gasteiger partial charge in [0.1, 0.15) is 5.82 Å². The Bertz CT molecular complexity index is 803. The Kier molecular flexibility index (Phi) is 4.88. The number of carboxylic acid groups (broad SMARTS) is 1. The average Bonchev–Trinajstić information content (AvgIpc) is 2.54. The standard InChI is InChI=1S/C16H13FN2O5/c1-2-18-15(20)13-4-3-9(8-14(13)17)10-5-11(16(21)22)7-12(6-10)19(23)24/h3-8H,2H2,1H3,(H,18,20)(H,21,22). The van der Waals surface area contributed by atoms with Crippen molar-refractivity contribution < 1.29 is 24.0 Å². The summed E-state index contributed by atoms with van der Waals surface area (Å²) >= 11 is 0. The van der Waals surface area contributed by atoms with Gasteiger partial charge in [0, 0.05) is 18.7 Å². The fourth-order valence-electron chi connectivity index (χ4n) is 2.14. The van der Waals surface area contributed by atoms with Crippen LogP contribution < -0.4 is 5.32 Å². The van der Waals surface area contributed by atoms with Gasteiger partial charge in [-0.05, 0) is 36.2 Å². The van der Waals surface area contributed by atoms with E-state index in [1.807, 2.05) is 0 Å². The summed E-state index contributed by atoms with van der Waals surface area (Å²) < 4.78 is 14.1. The number of carbonyl (C=O) groups is 2. The van der Waals surface area contributed by atoms with E-state index in [1.54, 1.807) is 6.92 Å². The Balaban J connectivity index is 2.52. The minimum atomic E-state index is -1.33. The number of hydrogen-bond acceptors (Lipinski definition) is 4. The minimum Gasteiger partial charge on any atom is -0.478 e. The van der Waals surface area contributed by atoms with Crippen LogP contribution in [0.5, 0.6) is 0 Å². The number of hydrogen-bond donors (Lipinski definition) is 2. The summed E-state index contributed by atoms with van der Waals surface area (Å²) in [5, 5.41) is 22.4. The van der Waals surface area contributed by atoms with E-state index in [2.05, 4.69) is 5.32 Å². The molecule has 0 aliphatic rings. The molecule has 2 rings (SSSR count). The number of nitro groups is 1. The average molecular weight is 332 g/mol. The lowest BCUT2D eigenvalue weighted by molar-refractivity contribution is -0.384. The van der Waals surface area contributed by atoms with Crippen LogP contribution in [0.3, 0.4) is 0 Å². The lowest BCUT2D eigenvalue weighted by Gasteiger charge is -2.07. The first kappa shape index (κ1) is 17.1. The molecule has 0 atom stereocenters. The Morgan fingerprint density at radius 1 is 1.21 bits per heavy atom. The van der Waals surface area contributed by atoms with Gasteiger partial charge in [-0.2, -0.15) is 0 Å². The maximum atomic E-state index is 14.1. The topological polar surface area (TPSA) is 110 Å². The largest absolute Gasteiger partial charge is 0.478 e. The lowest BCUT2D eigenvalue weighted by Crippen LogP contribution is -2.23. The normalized spacial score (nSPS) is 10.2. The van der Waals surface area contributed by atoms with Gasteiger partial charge >= 0.3 is 5.97 Å². The summed E-state index contributed by atoms with van der Waals surface area (Å²) in [4.78, 5) is 33.0. The Morgan fingerprint density at radius 2 is 1.92 bits per heavy atom. The molecule has 24 heavy (non-hydrogen) atoms. The summed E-state index contributed by atoms with van der Waals surface area (Å²) in [6, 6.07) is 6.96. The number of rotatable bonds is 5. The number of non-ortho nitro benzene ring substituents is 1. The molecule has 0 saturated heterocycles. The summed E-state index contributed by atoms with van der Waals surface area (Å²) in [5.74, 6) is -2.71. The van der Waals surface area contributed by atoms with Crippen LogP contribution in [0.25, 0.3) is 11.1 Å². The SMILES string of the molecule is CCNC(=O)c1ccc(-c2cc(C(=O)O)cc([N+](=O)[O-])c2)cc1F. The van der Waals surface area contributed by atoms with Crippen LogP contribution >= 0.6 is 0 Å². The van der Waals surface area contributed by atoms with Gasteiger partial charge in [-0.15, -0.1) is 0 Å². The van der Waals surface area contributed by atoms with E-state index >= 15 is 0 Å². The highest BCUT2D eigenvalue weighted by molar-refractivity contribution is 5.95. The fraction of sp³-hybridized carbons (Fsp3) is 0.125. The van der Waals surface area contributed by atoms with Gasteiger partial charge in [-0.1, -0.05) is 6.07 Å². The van der Waals surface area contributed by atoms with Crippen molar-refractivity contribution in [3.05, 3.63) is 63.5 Å². The highest BCUT2D eigenvalue weighted by Crippen LogP contribution is 2.27. The molecule has 7 nitrogen and oxygen atoms in total. The van der Waals surface area contributed by atoms with Crippen molar-refractivity contribution in [3.63, 3.8) is 0 Å². The number of aromatic carboxylic acids is 1. The number of carboxylic acids is 1. The molecule has 2 N–H and O–H groups in total. The third kappa shape index (κ3) is 3.54. The third-order valence-electron chi connectivity index (χ3n) is 3.26. The molecule has 0 bridgehead atoms. The number of amides is 1. The molecule has 2 aromatic carbocycles. The predicted octanol–water partition coefficient (Wildman–Crippen LogP) is 2.85. The second kappa shape index (κ2) is 6.86. The first-order valence-corrected chi connectivity index (χ1v) is 6.94. The Hall–Kier alpha value is -3.29. The van der Waals surface area contributed by atoms with E-state index in [4.69, 9.17) is 5.11 Å². The van der Waals surface area contributed by atoms with Crippen LogP contribution in [-0.4, -0.2) is 28.5 Å². The molecule has 8 heteroatoms. The van der Waals surface area contributed by atoms with Gasteiger partial charge in [0.25, 0.3) is 11.6 Å². The number of nitrogens with zero attached hydrogens (tertiary/aromatic N) is 1. The van der Waals surface area contributed by atoms with Crippen molar-refractivity contribution >= 4 is 17.6 Å². The number of nitrogens with one attached hydrogen (secondary N) is 1. The highest BCUT2D eigenvalue weighted by atomic mass is 19.1. The van der Waals surface area contributed by atoms with Crippen LogP contribution in [0.2, 0.25) is 0 Å². The molecule has 0 spiro atoms. The van der Waals surface area contributed by atoms with Crippen molar-refractivity contribution in [1.82, 2.24) is 5.32 Å². The summed E-state index contributed by atoms with van der Waals surface area (Å²) in [5.41, 5.74) is -0.468. The van der Waals surface area contributed by atoms with Crippen LogP contribution in [-0.2, 0) is 0 Å². The number of carbonyl (C=O) groups excluding carboxylic acids is 1. The maximum absolute atomic E-state index is 14.1. The summed E-state index contributed by atoms with van der Waals surface area (Å²) in [6.07, 6.45) is 0. The van der Waals surface area contributed by atoms with Crippen molar-refractivity contribution in [2.45, 2.75) is 6.92 Å². The second-order valence-corrected chi connectivity index (χ2v) is 4.88. The third-order valence-corrected chi connectivity index (χ3v) is 3.26. The van der Waals surface area contributed by atoms with Gasteiger partial charge < -0.3 is 10.4 Å². The van der Waals surface area contributed by atoms with Gasteiger partial charge in [-0.25, -0.2) is 9.18 Å². The van der Waals surface area contributed by atoms with E-state index in [9.17, 15) is 24.1 Å². The Morgan fingerprint density at radius 3 is 2.46 bits per heavy atom.